The van der Waals surface area contributed by atoms with Gasteiger partial charge in [0, 0.05) is 16.1 Å². The molecule has 0 atom stereocenters. The van der Waals surface area contributed by atoms with Crippen LogP contribution in [-0.4, -0.2) is 9.97 Å². The molecule has 6 heteroatoms. The second-order valence-electron chi connectivity index (χ2n) is 4.00. The summed E-state index contributed by atoms with van der Waals surface area (Å²) in [4.78, 5) is 9.71. The molecule has 100 valence electrons. The number of nitrogens with zero attached hydrogens (tertiary/aromatic N) is 2. The zero-order valence-electron chi connectivity index (χ0n) is 9.98. The van der Waals surface area contributed by atoms with E-state index >= 15 is 0 Å². The van der Waals surface area contributed by atoms with E-state index in [1.54, 1.807) is 6.07 Å². The molecule has 0 aliphatic heterocycles. The van der Waals surface area contributed by atoms with Crippen LogP contribution in [0.25, 0.3) is 22.0 Å². The van der Waals surface area contributed by atoms with Gasteiger partial charge in [0.15, 0.2) is 5.82 Å². The fraction of sp³-hybridized carbons (Fsp3) is 0. The molecule has 0 saturated heterocycles. The van der Waals surface area contributed by atoms with Gasteiger partial charge in [0.05, 0.1) is 10.6 Å². The largest absolute Gasteiger partial charge is 0.227 e. The van der Waals surface area contributed by atoms with Gasteiger partial charge < -0.3 is 0 Å². The molecule has 0 spiro atoms. The lowest BCUT2D eigenvalue weighted by Crippen LogP contribution is -1.91. The number of hydrogen-bond donors (Lipinski definition) is 0. The highest BCUT2D eigenvalue weighted by Crippen LogP contribution is 2.37. The summed E-state index contributed by atoms with van der Waals surface area (Å²) in [5.41, 5.74) is 1.79. The van der Waals surface area contributed by atoms with Crippen molar-refractivity contribution in [3.63, 3.8) is 0 Å². The first-order valence-corrected chi connectivity index (χ1v) is 8.05. The van der Waals surface area contributed by atoms with Crippen molar-refractivity contribution in [2.45, 2.75) is 0 Å². The molecule has 3 aromatic rings. The lowest BCUT2D eigenvalue weighted by molar-refractivity contribution is 1.19. The zero-order chi connectivity index (χ0) is 14.1. The van der Waals surface area contributed by atoms with E-state index in [0.29, 0.717) is 15.3 Å². The van der Waals surface area contributed by atoms with Crippen LogP contribution in [0.15, 0.2) is 46.9 Å². The zero-order valence-corrected chi connectivity index (χ0v) is 13.9. The molecule has 0 fully saturated rings. The van der Waals surface area contributed by atoms with E-state index in [2.05, 4.69) is 25.9 Å². The molecular weight excluding hydrogens is 379 g/mol. The van der Waals surface area contributed by atoms with Crippen LogP contribution in [0.3, 0.4) is 0 Å². The fourth-order valence-corrected chi connectivity index (χ4v) is 3.56. The maximum Gasteiger partial charge on any atom is 0.171 e. The van der Waals surface area contributed by atoms with Crippen LogP contribution >= 0.6 is 50.5 Å². The summed E-state index contributed by atoms with van der Waals surface area (Å²) in [6, 6.07) is 13.5. The monoisotopic (exact) mass is 384 g/mol. The second-order valence-corrected chi connectivity index (χ2v) is 6.89. The first-order chi connectivity index (χ1) is 9.63. The van der Waals surface area contributed by atoms with Crippen LogP contribution in [0.4, 0.5) is 0 Å². The van der Waals surface area contributed by atoms with Crippen molar-refractivity contribution < 1.29 is 0 Å². The highest BCUT2D eigenvalue weighted by atomic mass is 79.9. The minimum Gasteiger partial charge on any atom is -0.227 e. The average molecular weight is 386 g/mol. The SMILES string of the molecule is Clc1cc(-c2ccccc2)nc(-c2cc(Br)c(Cl)s2)n1. The molecule has 0 saturated carbocycles. The van der Waals surface area contributed by atoms with Gasteiger partial charge in [-0.1, -0.05) is 53.5 Å². The van der Waals surface area contributed by atoms with Crippen LogP contribution < -0.4 is 0 Å². The number of benzene rings is 1. The molecule has 0 amide bonds. The van der Waals surface area contributed by atoms with E-state index in [1.807, 2.05) is 36.4 Å². The van der Waals surface area contributed by atoms with Gasteiger partial charge in [-0.2, -0.15) is 0 Å². The van der Waals surface area contributed by atoms with E-state index in [0.717, 1.165) is 20.6 Å². The molecule has 2 heterocycles. The topological polar surface area (TPSA) is 25.8 Å². The molecule has 0 aliphatic rings. The van der Waals surface area contributed by atoms with Crippen LogP contribution in [0.1, 0.15) is 0 Å². The van der Waals surface area contributed by atoms with Gasteiger partial charge in [-0.15, -0.1) is 11.3 Å². The van der Waals surface area contributed by atoms with Crippen molar-refractivity contribution in [1.29, 1.82) is 0 Å². The molecule has 0 radical (unpaired) electrons. The summed E-state index contributed by atoms with van der Waals surface area (Å²) < 4.78 is 1.51. The summed E-state index contributed by atoms with van der Waals surface area (Å²) in [7, 11) is 0. The maximum atomic E-state index is 6.11. The van der Waals surface area contributed by atoms with Crippen molar-refractivity contribution in [2.75, 3.05) is 0 Å². The Morgan fingerprint density at radius 2 is 1.75 bits per heavy atom. The highest BCUT2D eigenvalue weighted by molar-refractivity contribution is 9.10. The van der Waals surface area contributed by atoms with Crippen molar-refractivity contribution >= 4 is 50.5 Å². The number of rotatable bonds is 2. The summed E-state index contributed by atoms with van der Waals surface area (Å²) in [6.07, 6.45) is 0. The molecule has 2 aromatic heterocycles. The van der Waals surface area contributed by atoms with Gasteiger partial charge in [0.1, 0.15) is 9.49 Å². The molecule has 20 heavy (non-hydrogen) atoms. The maximum absolute atomic E-state index is 6.11. The first kappa shape index (κ1) is 14.0. The predicted octanol–water partition coefficient (Wildman–Crippen LogP) is 5.94. The minimum absolute atomic E-state index is 0.412. The van der Waals surface area contributed by atoms with Crippen LogP contribution in [0, 0.1) is 0 Å². The third-order valence-electron chi connectivity index (χ3n) is 2.63. The van der Waals surface area contributed by atoms with Gasteiger partial charge in [0.25, 0.3) is 0 Å². The summed E-state index contributed by atoms with van der Waals surface area (Å²) in [6.45, 7) is 0. The quantitative estimate of drug-likeness (QED) is 0.510. The Morgan fingerprint density at radius 1 is 1.00 bits per heavy atom. The Morgan fingerprint density at radius 3 is 2.40 bits per heavy atom. The Bertz CT molecular complexity index is 740. The van der Waals surface area contributed by atoms with Crippen molar-refractivity contribution in [3.8, 4) is 22.0 Å². The van der Waals surface area contributed by atoms with Gasteiger partial charge in [0.2, 0.25) is 0 Å². The Kier molecular flexibility index (Phi) is 4.08. The molecule has 0 bridgehead atoms. The number of thiophene rings is 1. The van der Waals surface area contributed by atoms with E-state index in [9.17, 15) is 0 Å². The summed E-state index contributed by atoms with van der Waals surface area (Å²) in [5.74, 6) is 0.578. The van der Waals surface area contributed by atoms with Crippen molar-refractivity contribution in [3.05, 3.63) is 56.4 Å². The van der Waals surface area contributed by atoms with Crippen LogP contribution in [-0.2, 0) is 0 Å². The highest BCUT2D eigenvalue weighted by Gasteiger charge is 2.12. The third-order valence-corrected chi connectivity index (χ3v) is 5.29. The third kappa shape index (κ3) is 2.88. The summed E-state index contributed by atoms with van der Waals surface area (Å²) >= 11 is 17.0. The first-order valence-electron chi connectivity index (χ1n) is 5.69. The number of hydrogen-bond acceptors (Lipinski definition) is 3. The van der Waals surface area contributed by atoms with Crippen molar-refractivity contribution in [1.82, 2.24) is 9.97 Å². The minimum atomic E-state index is 0.412. The van der Waals surface area contributed by atoms with Gasteiger partial charge in [-0.25, -0.2) is 9.97 Å². The molecule has 3 rings (SSSR count). The average Bonchev–Trinajstić information content (AvgIpc) is 2.79. The smallest absolute Gasteiger partial charge is 0.171 e. The van der Waals surface area contributed by atoms with Crippen molar-refractivity contribution in [2.24, 2.45) is 0 Å². The Balaban J connectivity index is 2.12. The molecule has 0 aliphatic carbocycles. The predicted molar refractivity (Wildman–Crippen MR) is 88.5 cm³/mol. The molecule has 0 unspecified atom stereocenters. The standard InChI is InChI=1S/C14H7BrCl2N2S/c15-9-6-11(20-13(9)17)14-18-10(7-12(16)19-14)8-4-2-1-3-5-8/h1-7H. The normalized spacial score (nSPS) is 10.8. The second kappa shape index (κ2) is 5.82. The van der Waals surface area contributed by atoms with E-state index in [-0.39, 0.29) is 0 Å². The van der Waals surface area contributed by atoms with E-state index in [1.165, 1.54) is 11.3 Å². The van der Waals surface area contributed by atoms with Gasteiger partial charge in [-0.05, 0) is 22.0 Å². The van der Waals surface area contributed by atoms with Gasteiger partial charge in [-0.3, -0.25) is 0 Å². The molecule has 2 nitrogen and oxygen atoms in total. The fourth-order valence-electron chi connectivity index (χ4n) is 1.74. The van der Waals surface area contributed by atoms with E-state index in [4.69, 9.17) is 23.2 Å². The van der Waals surface area contributed by atoms with Crippen LogP contribution in [0.2, 0.25) is 9.49 Å². The van der Waals surface area contributed by atoms with E-state index < -0.39 is 0 Å². The number of aromatic nitrogens is 2. The van der Waals surface area contributed by atoms with Gasteiger partial charge >= 0.3 is 0 Å². The molecule has 1 aromatic carbocycles. The lowest BCUT2D eigenvalue weighted by atomic mass is 10.1. The van der Waals surface area contributed by atoms with Crippen LogP contribution in [0.5, 0.6) is 0 Å². The Labute approximate surface area is 138 Å². The molecule has 0 N–H and O–H groups in total. The Hall–Kier alpha value is -0.940. The molecular formula is C14H7BrCl2N2S. The lowest BCUT2D eigenvalue weighted by Gasteiger charge is -2.03. The summed E-state index contributed by atoms with van der Waals surface area (Å²) in [5, 5.41) is 0.412. The number of halogens is 3.